The molecule has 3 unspecified atom stereocenters. The predicted molar refractivity (Wildman–Crippen MR) is 65.5 cm³/mol. The summed E-state index contributed by atoms with van der Waals surface area (Å²) in [5, 5.41) is 0. The molecule has 2 aliphatic rings. The molecule has 4 nitrogen and oxygen atoms in total. The van der Waals surface area contributed by atoms with Crippen molar-refractivity contribution in [1.82, 2.24) is 9.80 Å². The minimum Gasteiger partial charge on any atom is -0.374 e. The maximum absolute atomic E-state index is 5.92. The smallest absolute Gasteiger partial charge is 0.0850 e. The first-order valence-corrected chi connectivity index (χ1v) is 6.46. The van der Waals surface area contributed by atoms with Crippen molar-refractivity contribution in [2.45, 2.75) is 38.0 Å². The van der Waals surface area contributed by atoms with Gasteiger partial charge in [-0.3, -0.25) is 4.90 Å². The fourth-order valence-corrected chi connectivity index (χ4v) is 2.78. The molecule has 2 rings (SSSR count). The number of likely N-dealkylation sites (N-methyl/N-ethyl adjacent to an activating group) is 1. The topological polar surface area (TPSA) is 41.7 Å². The van der Waals surface area contributed by atoms with E-state index in [1.54, 1.807) is 0 Å². The molecule has 0 saturated carbocycles. The Labute approximate surface area is 98.7 Å². The first kappa shape index (κ1) is 12.3. The van der Waals surface area contributed by atoms with E-state index in [9.17, 15) is 0 Å². The van der Waals surface area contributed by atoms with Gasteiger partial charge in [-0.2, -0.15) is 0 Å². The van der Waals surface area contributed by atoms with E-state index in [0.29, 0.717) is 6.04 Å². The zero-order valence-corrected chi connectivity index (χ0v) is 10.6. The van der Waals surface area contributed by atoms with Gasteiger partial charge in [-0.25, -0.2) is 0 Å². The van der Waals surface area contributed by atoms with Crippen molar-refractivity contribution in [3.63, 3.8) is 0 Å². The number of morpholine rings is 1. The Hall–Kier alpha value is -0.160. The van der Waals surface area contributed by atoms with Crippen molar-refractivity contribution in [2.24, 2.45) is 5.73 Å². The van der Waals surface area contributed by atoms with Crippen LogP contribution in [0.25, 0.3) is 0 Å². The van der Waals surface area contributed by atoms with Gasteiger partial charge in [-0.05, 0) is 33.4 Å². The van der Waals surface area contributed by atoms with Crippen LogP contribution < -0.4 is 5.73 Å². The lowest BCUT2D eigenvalue weighted by Gasteiger charge is -2.42. The number of piperidine rings is 1. The van der Waals surface area contributed by atoms with Gasteiger partial charge < -0.3 is 15.4 Å². The molecule has 0 aromatic carbocycles. The van der Waals surface area contributed by atoms with Crippen LogP contribution in [-0.2, 0) is 4.74 Å². The number of rotatable bonds is 2. The zero-order valence-electron chi connectivity index (χ0n) is 10.6. The lowest BCUT2D eigenvalue weighted by Crippen LogP contribution is -2.56. The first-order chi connectivity index (χ1) is 7.66. The summed E-state index contributed by atoms with van der Waals surface area (Å²) >= 11 is 0. The molecular weight excluding hydrogens is 202 g/mol. The number of hydrogen-bond donors (Lipinski definition) is 1. The summed E-state index contributed by atoms with van der Waals surface area (Å²) in [7, 11) is 2.22. The Morgan fingerprint density at radius 1 is 1.31 bits per heavy atom. The Morgan fingerprint density at radius 2 is 2.12 bits per heavy atom. The molecule has 3 atom stereocenters. The molecule has 0 amide bonds. The van der Waals surface area contributed by atoms with Crippen molar-refractivity contribution < 1.29 is 4.74 Å². The SMILES string of the molecule is CC(N)C1CN(C2CCCN(C)C2)CCO1. The number of ether oxygens (including phenoxy) is 1. The summed E-state index contributed by atoms with van der Waals surface area (Å²) in [5.41, 5.74) is 5.92. The van der Waals surface area contributed by atoms with Crippen molar-refractivity contribution in [3.05, 3.63) is 0 Å². The molecule has 0 bridgehead atoms. The highest BCUT2D eigenvalue weighted by Crippen LogP contribution is 2.18. The van der Waals surface area contributed by atoms with Crippen LogP contribution in [-0.4, -0.2) is 67.8 Å². The number of nitrogens with two attached hydrogens (primary N) is 1. The van der Waals surface area contributed by atoms with Gasteiger partial charge in [-0.1, -0.05) is 0 Å². The van der Waals surface area contributed by atoms with Crippen LogP contribution in [0.2, 0.25) is 0 Å². The second-order valence-corrected chi connectivity index (χ2v) is 5.32. The summed E-state index contributed by atoms with van der Waals surface area (Å²) in [4.78, 5) is 5.01. The summed E-state index contributed by atoms with van der Waals surface area (Å²) < 4.78 is 5.71. The van der Waals surface area contributed by atoms with E-state index in [-0.39, 0.29) is 12.1 Å². The highest BCUT2D eigenvalue weighted by Gasteiger charge is 2.30. The summed E-state index contributed by atoms with van der Waals surface area (Å²) in [5.74, 6) is 0. The highest BCUT2D eigenvalue weighted by molar-refractivity contribution is 4.85. The van der Waals surface area contributed by atoms with E-state index in [1.165, 1.54) is 25.9 Å². The minimum absolute atomic E-state index is 0.143. The molecule has 4 heteroatoms. The zero-order chi connectivity index (χ0) is 11.5. The molecule has 0 spiro atoms. The van der Waals surface area contributed by atoms with Gasteiger partial charge in [0.2, 0.25) is 0 Å². The maximum atomic E-state index is 5.92. The van der Waals surface area contributed by atoms with E-state index in [4.69, 9.17) is 10.5 Å². The van der Waals surface area contributed by atoms with Gasteiger partial charge >= 0.3 is 0 Å². The van der Waals surface area contributed by atoms with Crippen LogP contribution >= 0.6 is 0 Å². The van der Waals surface area contributed by atoms with Crippen LogP contribution in [0.4, 0.5) is 0 Å². The highest BCUT2D eigenvalue weighted by atomic mass is 16.5. The molecule has 0 aromatic heterocycles. The molecule has 16 heavy (non-hydrogen) atoms. The monoisotopic (exact) mass is 227 g/mol. The molecule has 2 heterocycles. The second-order valence-electron chi connectivity index (χ2n) is 5.32. The Morgan fingerprint density at radius 3 is 2.81 bits per heavy atom. The van der Waals surface area contributed by atoms with Gasteiger partial charge in [0, 0.05) is 31.7 Å². The molecule has 2 fully saturated rings. The average Bonchev–Trinajstić information content (AvgIpc) is 2.29. The number of hydrogen-bond acceptors (Lipinski definition) is 4. The van der Waals surface area contributed by atoms with Gasteiger partial charge in [0.1, 0.15) is 0 Å². The molecule has 0 aliphatic carbocycles. The standard InChI is InChI=1S/C12H25N3O/c1-10(13)12-9-15(6-7-16-12)11-4-3-5-14(2)8-11/h10-12H,3-9,13H2,1-2H3. The fourth-order valence-electron chi connectivity index (χ4n) is 2.78. The van der Waals surface area contributed by atoms with Crippen molar-refractivity contribution in [2.75, 3.05) is 39.8 Å². The molecule has 2 aliphatic heterocycles. The number of nitrogens with zero attached hydrogens (tertiary/aromatic N) is 2. The molecule has 2 saturated heterocycles. The average molecular weight is 227 g/mol. The second kappa shape index (κ2) is 5.45. The number of likely N-dealkylation sites (tertiary alicyclic amines) is 1. The Kier molecular flexibility index (Phi) is 4.19. The minimum atomic E-state index is 0.143. The lowest BCUT2D eigenvalue weighted by molar-refractivity contribution is -0.0596. The van der Waals surface area contributed by atoms with Crippen LogP contribution in [0.1, 0.15) is 19.8 Å². The van der Waals surface area contributed by atoms with Gasteiger partial charge in [0.05, 0.1) is 12.7 Å². The lowest BCUT2D eigenvalue weighted by atomic mass is 10.0. The summed E-state index contributed by atoms with van der Waals surface area (Å²) in [6.45, 7) is 7.41. The molecule has 94 valence electrons. The van der Waals surface area contributed by atoms with Crippen molar-refractivity contribution in [1.29, 1.82) is 0 Å². The Bertz CT molecular complexity index is 222. The predicted octanol–water partition coefficient (Wildman–Crippen LogP) is 0.129. The molecule has 0 radical (unpaired) electrons. The van der Waals surface area contributed by atoms with Gasteiger partial charge in [0.15, 0.2) is 0 Å². The van der Waals surface area contributed by atoms with Crippen LogP contribution in [0.3, 0.4) is 0 Å². The Balaban J connectivity index is 1.88. The molecule has 2 N–H and O–H groups in total. The van der Waals surface area contributed by atoms with Crippen molar-refractivity contribution in [3.8, 4) is 0 Å². The molecule has 0 aromatic rings. The third-order valence-electron chi connectivity index (χ3n) is 3.83. The third kappa shape index (κ3) is 2.94. The van der Waals surface area contributed by atoms with Gasteiger partial charge in [0.25, 0.3) is 0 Å². The maximum Gasteiger partial charge on any atom is 0.0850 e. The van der Waals surface area contributed by atoms with E-state index < -0.39 is 0 Å². The third-order valence-corrected chi connectivity index (χ3v) is 3.83. The van der Waals surface area contributed by atoms with E-state index >= 15 is 0 Å². The summed E-state index contributed by atoms with van der Waals surface area (Å²) in [6, 6.07) is 0.855. The normalized spacial score (nSPS) is 36.2. The van der Waals surface area contributed by atoms with Crippen LogP contribution in [0.5, 0.6) is 0 Å². The van der Waals surface area contributed by atoms with Crippen molar-refractivity contribution >= 4 is 0 Å². The summed E-state index contributed by atoms with van der Waals surface area (Å²) in [6.07, 6.45) is 2.87. The molecular formula is C12H25N3O. The first-order valence-electron chi connectivity index (χ1n) is 6.46. The van der Waals surface area contributed by atoms with E-state index in [1.807, 2.05) is 6.92 Å². The van der Waals surface area contributed by atoms with E-state index in [0.717, 1.165) is 19.7 Å². The van der Waals surface area contributed by atoms with Gasteiger partial charge in [-0.15, -0.1) is 0 Å². The fraction of sp³-hybridized carbons (Fsp3) is 1.00. The largest absolute Gasteiger partial charge is 0.374 e. The quantitative estimate of drug-likeness (QED) is 0.728. The van der Waals surface area contributed by atoms with Crippen LogP contribution in [0.15, 0.2) is 0 Å². The van der Waals surface area contributed by atoms with E-state index in [2.05, 4.69) is 16.8 Å². The van der Waals surface area contributed by atoms with Crippen LogP contribution in [0, 0.1) is 0 Å².